The van der Waals surface area contributed by atoms with Gasteiger partial charge in [0.05, 0.1) is 6.61 Å². The van der Waals surface area contributed by atoms with Crippen molar-refractivity contribution < 1.29 is 9.53 Å². The van der Waals surface area contributed by atoms with Crippen molar-refractivity contribution in [3.8, 4) is 5.88 Å². The number of pyridine rings is 1. The van der Waals surface area contributed by atoms with Gasteiger partial charge in [-0.25, -0.2) is 4.98 Å². The van der Waals surface area contributed by atoms with E-state index in [4.69, 9.17) is 10.5 Å². The second kappa shape index (κ2) is 7.09. The summed E-state index contributed by atoms with van der Waals surface area (Å²) in [6.45, 7) is 2.35. The minimum absolute atomic E-state index is 0.249. The van der Waals surface area contributed by atoms with Gasteiger partial charge in [-0.15, -0.1) is 0 Å². The van der Waals surface area contributed by atoms with Crippen LogP contribution < -0.4 is 15.8 Å². The van der Waals surface area contributed by atoms with E-state index in [9.17, 15) is 4.79 Å². The predicted molar refractivity (Wildman–Crippen MR) is 83.9 cm³/mol. The molecule has 0 saturated carbocycles. The highest BCUT2D eigenvalue weighted by Crippen LogP contribution is 2.20. The second-order valence-corrected chi connectivity index (χ2v) is 4.28. The highest BCUT2D eigenvalue weighted by atomic mass is 16.5. The summed E-state index contributed by atoms with van der Waals surface area (Å²) in [5.74, 6) is 0.162. The third-order valence-electron chi connectivity index (χ3n) is 2.67. The van der Waals surface area contributed by atoms with Gasteiger partial charge in [0.25, 0.3) is 0 Å². The van der Waals surface area contributed by atoms with Crippen molar-refractivity contribution in [1.82, 2.24) is 4.98 Å². The summed E-state index contributed by atoms with van der Waals surface area (Å²) in [6.07, 6.45) is 4.78. The Bertz CT molecular complexity index is 636. The number of nitrogen functional groups attached to an aromatic ring is 1. The lowest BCUT2D eigenvalue weighted by atomic mass is 10.2. The van der Waals surface area contributed by atoms with E-state index in [-0.39, 0.29) is 5.91 Å². The molecular weight excluding hydrogens is 266 g/mol. The zero-order valence-corrected chi connectivity index (χ0v) is 11.7. The molecule has 0 saturated heterocycles. The number of carbonyl (C=O) groups is 1. The van der Waals surface area contributed by atoms with Crippen LogP contribution in [-0.2, 0) is 4.79 Å². The van der Waals surface area contributed by atoms with Crippen molar-refractivity contribution in [1.29, 1.82) is 0 Å². The van der Waals surface area contributed by atoms with Crippen LogP contribution in [0.5, 0.6) is 5.88 Å². The molecule has 5 heteroatoms. The van der Waals surface area contributed by atoms with E-state index in [0.717, 1.165) is 5.56 Å². The summed E-state index contributed by atoms with van der Waals surface area (Å²) in [5, 5.41) is 2.74. The zero-order chi connectivity index (χ0) is 15.1. The highest BCUT2D eigenvalue weighted by molar-refractivity contribution is 6.02. The summed E-state index contributed by atoms with van der Waals surface area (Å²) in [5.41, 5.74) is 7.74. The van der Waals surface area contributed by atoms with Crippen molar-refractivity contribution in [3.05, 3.63) is 54.2 Å². The van der Waals surface area contributed by atoms with Crippen LogP contribution in [0, 0.1) is 0 Å². The normalized spacial score (nSPS) is 10.5. The van der Waals surface area contributed by atoms with E-state index < -0.39 is 0 Å². The topological polar surface area (TPSA) is 77.2 Å². The van der Waals surface area contributed by atoms with Gasteiger partial charge in [0.15, 0.2) is 0 Å². The summed E-state index contributed by atoms with van der Waals surface area (Å²) in [7, 11) is 0. The third kappa shape index (κ3) is 4.35. The van der Waals surface area contributed by atoms with Gasteiger partial charge in [0, 0.05) is 18.0 Å². The minimum atomic E-state index is -0.249. The Labute approximate surface area is 123 Å². The molecule has 5 nitrogen and oxygen atoms in total. The largest absolute Gasteiger partial charge is 0.476 e. The number of ether oxygens (including phenoxy) is 1. The number of hydrogen-bond acceptors (Lipinski definition) is 4. The lowest BCUT2D eigenvalue weighted by Gasteiger charge is -2.08. The number of aromatic nitrogens is 1. The Kier molecular flexibility index (Phi) is 4.93. The second-order valence-electron chi connectivity index (χ2n) is 4.28. The Morgan fingerprint density at radius 3 is 2.81 bits per heavy atom. The van der Waals surface area contributed by atoms with Crippen LogP contribution in [0.1, 0.15) is 12.5 Å². The number of nitrogens with two attached hydrogens (primary N) is 1. The summed E-state index contributed by atoms with van der Waals surface area (Å²) in [4.78, 5) is 16.0. The quantitative estimate of drug-likeness (QED) is 0.653. The molecule has 0 aliphatic rings. The average molecular weight is 283 g/mol. The highest BCUT2D eigenvalue weighted by Gasteiger charge is 2.05. The van der Waals surface area contributed by atoms with Gasteiger partial charge in [0.2, 0.25) is 11.8 Å². The fourth-order valence-electron chi connectivity index (χ4n) is 1.69. The first-order valence-electron chi connectivity index (χ1n) is 6.61. The van der Waals surface area contributed by atoms with E-state index in [2.05, 4.69) is 10.3 Å². The van der Waals surface area contributed by atoms with Gasteiger partial charge in [-0.1, -0.05) is 12.1 Å². The molecule has 0 fully saturated rings. The maximum Gasteiger partial charge on any atom is 0.248 e. The van der Waals surface area contributed by atoms with Gasteiger partial charge in [-0.2, -0.15) is 0 Å². The molecule has 0 radical (unpaired) electrons. The van der Waals surface area contributed by atoms with Crippen LogP contribution >= 0.6 is 0 Å². The van der Waals surface area contributed by atoms with Crippen molar-refractivity contribution >= 4 is 23.4 Å². The molecule has 0 spiro atoms. The molecule has 0 unspecified atom stereocenters. The molecule has 0 aliphatic carbocycles. The molecule has 108 valence electrons. The molecule has 1 aromatic carbocycles. The Morgan fingerprint density at radius 1 is 1.33 bits per heavy atom. The lowest BCUT2D eigenvalue weighted by Crippen LogP contribution is -2.10. The number of anilines is 2. The minimum Gasteiger partial charge on any atom is -0.476 e. The Hall–Kier alpha value is -2.82. The van der Waals surface area contributed by atoms with Crippen LogP contribution in [0.15, 0.2) is 48.7 Å². The van der Waals surface area contributed by atoms with Crippen LogP contribution in [0.3, 0.4) is 0 Å². The summed E-state index contributed by atoms with van der Waals surface area (Å²) < 4.78 is 5.35. The maximum atomic E-state index is 11.9. The molecule has 0 bridgehead atoms. The molecule has 1 aromatic heterocycles. The maximum absolute atomic E-state index is 11.9. The number of rotatable bonds is 5. The SMILES string of the molecule is CCOc1ncccc1NC(=O)/C=C/c1ccc(N)cc1. The lowest BCUT2D eigenvalue weighted by molar-refractivity contribution is -0.111. The van der Waals surface area contributed by atoms with Crippen LogP contribution in [0.2, 0.25) is 0 Å². The molecule has 0 atom stereocenters. The van der Waals surface area contributed by atoms with E-state index >= 15 is 0 Å². The first-order valence-corrected chi connectivity index (χ1v) is 6.61. The molecular formula is C16H17N3O2. The van der Waals surface area contributed by atoms with Gasteiger partial charge >= 0.3 is 0 Å². The summed E-state index contributed by atoms with van der Waals surface area (Å²) >= 11 is 0. The zero-order valence-electron chi connectivity index (χ0n) is 11.7. The fourth-order valence-corrected chi connectivity index (χ4v) is 1.69. The van der Waals surface area contributed by atoms with E-state index in [1.54, 1.807) is 36.5 Å². The molecule has 1 heterocycles. The number of amides is 1. The predicted octanol–water partition coefficient (Wildman–Crippen LogP) is 2.71. The van der Waals surface area contributed by atoms with Gasteiger partial charge in [-0.05, 0) is 42.8 Å². The van der Waals surface area contributed by atoms with Gasteiger partial charge in [-0.3, -0.25) is 4.79 Å². The van der Waals surface area contributed by atoms with E-state index in [1.807, 2.05) is 19.1 Å². The molecule has 3 N–H and O–H groups in total. The smallest absolute Gasteiger partial charge is 0.248 e. The van der Waals surface area contributed by atoms with Crippen LogP contribution in [0.25, 0.3) is 6.08 Å². The first-order chi connectivity index (χ1) is 10.2. The van der Waals surface area contributed by atoms with Crippen LogP contribution in [-0.4, -0.2) is 17.5 Å². The van der Waals surface area contributed by atoms with Crippen molar-refractivity contribution in [2.24, 2.45) is 0 Å². The number of benzene rings is 1. The van der Waals surface area contributed by atoms with Crippen LogP contribution in [0.4, 0.5) is 11.4 Å². The molecule has 0 aliphatic heterocycles. The summed E-state index contributed by atoms with van der Waals surface area (Å²) in [6, 6.07) is 10.7. The monoisotopic (exact) mass is 283 g/mol. The Balaban J connectivity index is 2.03. The van der Waals surface area contributed by atoms with Crippen molar-refractivity contribution in [2.75, 3.05) is 17.7 Å². The molecule has 2 aromatic rings. The van der Waals surface area contributed by atoms with Crippen molar-refractivity contribution in [3.63, 3.8) is 0 Å². The van der Waals surface area contributed by atoms with E-state index in [1.165, 1.54) is 6.08 Å². The number of hydrogen-bond donors (Lipinski definition) is 2. The average Bonchev–Trinajstić information content (AvgIpc) is 2.49. The number of nitrogens with one attached hydrogen (secondary N) is 1. The number of carbonyl (C=O) groups excluding carboxylic acids is 1. The molecule has 2 rings (SSSR count). The van der Waals surface area contributed by atoms with Gasteiger partial charge in [0.1, 0.15) is 5.69 Å². The molecule has 21 heavy (non-hydrogen) atoms. The number of nitrogens with zero attached hydrogens (tertiary/aromatic N) is 1. The molecule has 1 amide bonds. The Morgan fingerprint density at radius 2 is 2.10 bits per heavy atom. The third-order valence-corrected chi connectivity index (χ3v) is 2.67. The van der Waals surface area contributed by atoms with E-state index in [0.29, 0.717) is 23.9 Å². The van der Waals surface area contributed by atoms with Gasteiger partial charge < -0.3 is 15.8 Å². The fraction of sp³-hybridized carbons (Fsp3) is 0.125. The first kappa shape index (κ1) is 14.6. The standard InChI is InChI=1S/C16H17N3O2/c1-2-21-16-14(4-3-11-18-16)19-15(20)10-7-12-5-8-13(17)9-6-12/h3-11H,2,17H2,1H3,(H,19,20)/b10-7+. The van der Waals surface area contributed by atoms with Crippen molar-refractivity contribution in [2.45, 2.75) is 6.92 Å².